The highest BCUT2D eigenvalue weighted by Gasteiger charge is 2.33. The fraction of sp³-hybridized carbons (Fsp3) is 0.182. The number of nitrogens with zero attached hydrogens (tertiary/aromatic N) is 3. The minimum Gasteiger partial charge on any atom is -0.497 e. The molecule has 0 radical (unpaired) electrons. The molecule has 3 heterocycles. The quantitative estimate of drug-likeness (QED) is 0.600. The van der Waals surface area contributed by atoms with Gasteiger partial charge in [0.05, 0.1) is 36.1 Å². The molecule has 0 amide bonds. The largest absolute Gasteiger partial charge is 0.497 e. The SMILES string of the molecule is COC(=O)C1=C(C)N=c2s/c(=C\c3cccnc3)c(=O)n2[C@H]1c1cccc(OC)c1. The predicted molar refractivity (Wildman–Crippen MR) is 113 cm³/mol. The molecule has 152 valence electrons. The van der Waals surface area contributed by atoms with E-state index in [-0.39, 0.29) is 5.56 Å². The van der Waals surface area contributed by atoms with E-state index in [0.717, 1.165) is 11.1 Å². The summed E-state index contributed by atoms with van der Waals surface area (Å²) in [4.78, 5) is 35.2. The summed E-state index contributed by atoms with van der Waals surface area (Å²) in [5.41, 5.74) is 2.15. The van der Waals surface area contributed by atoms with Crippen molar-refractivity contribution in [1.82, 2.24) is 9.55 Å². The molecule has 7 nitrogen and oxygen atoms in total. The summed E-state index contributed by atoms with van der Waals surface area (Å²) in [6, 6.07) is 10.3. The smallest absolute Gasteiger partial charge is 0.338 e. The first kappa shape index (κ1) is 19.8. The van der Waals surface area contributed by atoms with E-state index in [9.17, 15) is 9.59 Å². The number of thiazole rings is 1. The Morgan fingerprint density at radius 2 is 2.07 bits per heavy atom. The Kier molecular flexibility index (Phi) is 5.33. The van der Waals surface area contributed by atoms with Gasteiger partial charge in [0.25, 0.3) is 5.56 Å². The van der Waals surface area contributed by atoms with Crippen LogP contribution in [0.15, 0.2) is 69.8 Å². The summed E-state index contributed by atoms with van der Waals surface area (Å²) < 4.78 is 12.4. The number of hydrogen-bond donors (Lipinski definition) is 0. The Morgan fingerprint density at radius 1 is 1.23 bits per heavy atom. The molecular weight excluding hydrogens is 402 g/mol. The van der Waals surface area contributed by atoms with Crippen molar-refractivity contribution in [3.8, 4) is 5.75 Å². The van der Waals surface area contributed by atoms with Crippen molar-refractivity contribution in [3.05, 3.63) is 90.9 Å². The van der Waals surface area contributed by atoms with Crippen LogP contribution in [0.1, 0.15) is 24.1 Å². The Balaban J connectivity index is 1.99. The van der Waals surface area contributed by atoms with Crippen molar-refractivity contribution in [2.75, 3.05) is 14.2 Å². The van der Waals surface area contributed by atoms with Gasteiger partial charge in [0.2, 0.25) is 0 Å². The summed E-state index contributed by atoms with van der Waals surface area (Å²) in [5.74, 6) is 0.106. The van der Waals surface area contributed by atoms with E-state index in [4.69, 9.17) is 9.47 Å². The lowest BCUT2D eigenvalue weighted by Gasteiger charge is -2.24. The Hall–Kier alpha value is -3.52. The highest BCUT2D eigenvalue weighted by molar-refractivity contribution is 7.07. The number of carbonyl (C=O) groups is 1. The number of benzene rings is 1. The van der Waals surface area contributed by atoms with E-state index in [1.54, 1.807) is 43.1 Å². The Morgan fingerprint density at radius 3 is 2.77 bits per heavy atom. The highest BCUT2D eigenvalue weighted by atomic mass is 32.1. The molecule has 8 heteroatoms. The molecule has 0 saturated heterocycles. The van der Waals surface area contributed by atoms with Gasteiger partial charge in [-0.05, 0) is 42.3 Å². The summed E-state index contributed by atoms with van der Waals surface area (Å²) in [6.45, 7) is 1.75. The zero-order valence-corrected chi connectivity index (χ0v) is 17.5. The van der Waals surface area contributed by atoms with Gasteiger partial charge in [-0.15, -0.1) is 0 Å². The standard InChI is InChI=1S/C22H19N3O4S/c1-13-18(21(27)29-3)19(15-7-4-8-16(11-15)28-2)25-20(26)17(30-22(25)24-13)10-14-6-5-9-23-12-14/h4-12,19H,1-3H3/b17-10-/t19-/m0/s1. The molecule has 1 atom stereocenters. The van der Waals surface area contributed by atoms with Crippen molar-refractivity contribution in [2.45, 2.75) is 13.0 Å². The van der Waals surface area contributed by atoms with Gasteiger partial charge in [-0.1, -0.05) is 29.5 Å². The fourth-order valence-electron chi connectivity index (χ4n) is 3.43. The summed E-state index contributed by atoms with van der Waals surface area (Å²) in [5, 5.41) is 0. The maximum Gasteiger partial charge on any atom is 0.338 e. The van der Waals surface area contributed by atoms with E-state index in [1.165, 1.54) is 18.4 Å². The topological polar surface area (TPSA) is 82.8 Å². The van der Waals surface area contributed by atoms with Gasteiger partial charge in [0.15, 0.2) is 4.80 Å². The van der Waals surface area contributed by atoms with E-state index < -0.39 is 12.0 Å². The van der Waals surface area contributed by atoms with Crippen molar-refractivity contribution >= 4 is 23.4 Å². The first-order valence-electron chi connectivity index (χ1n) is 9.18. The summed E-state index contributed by atoms with van der Waals surface area (Å²) in [7, 11) is 2.89. The van der Waals surface area contributed by atoms with Crippen LogP contribution in [-0.4, -0.2) is 29.7 Å². The number of rotatable bonds is 4. The molecule has 0 bridgehead atoms. The second-order valence-corrected chi connectivity index (χ2v) is 7.65. The summed E-state index contributed by atoms with van der Waals surface area (Å²) in [6.07, 6.45) is 5.13. The number of methoxy groups -OCH3 is 2. The first-order chi connectivity index (χ1) is 14.5. The lowest BCUT2D eigenvalue weighted by atomic mass is 9.96. The van der Waals surface area contributed by atoms with E-state index in [0.29, 0.717) is 26.4 Å². The molecule has 1 aliphatic rings. The van der Waals surface area contributed by atoms with E-state index >= 15 is 0 Å². The van der Waals surface area contributed by atoms with Crippen LogP contribution in [0.5, 0.6) is 5.75 Å². The van der Waals surface area contributed by atoms with Crippen molar-refractivity contribution in [2.24, 2.45) is 4.99 Å². The van der Waals surface area contributed by atoms with Gasteiger partial charge in [0.1, 0.15) is 5.75 Å². The van der Waals surface area contributed by atoms with Crippen LogP contribution in [-0.2, 0) is 9.53 Å². The number of esters is 1. The molecule has 30 heavy (non-hydrogen) atoms. The molecule has 1 aliphatic heterocycles. The van der Waals surface area contributed by atoms with Crippen LogP contribution in [0.2, 0.25) is 0 Å². The molecule has 0 aliphatic carbocycles. The maximum absolute atomic E-state index is 13.4. The van der Waals surface area contributed by atoms with Gasteiger partial charge in [-0.3, -0.25) is 14.3 Å². The minimum absolute atomic E-state index is 0.232. The second-order valence-electron chi connectivity index (χ2n) is 6.64. The third kappa shape index (κ3) is 3.46. The molecule has 4 rings (SSSR count). The van der Waals surface area contributed by atoms with Crippen molar-refractivity contribution < 1.29 is 14.3 Å². The summed E-state index contributed by atoms with van der Waals surface area (Å²) >= 11 is 1.27. The fourth-order valence-corrected chi connectivity index (χ4v) is 4.48. The van der Waals surface area contributed by atoms with E-state index in [1.807, 2.05) is 30.3 Å². The monoisotopic (exact) mass is 421 g/mol. The van der Waals surface area contributed by atoms with Gasteiger partial charge in [0, 0.05) is 12.4 Å². The van der Waals surface area contributed by atoms with Gasteiger partial charge in [-0.25, -0.2) is 9.79 Å². The molecule has 3 aromatic rings. The third-order valence-corrected chi connectivity index (χ3v) is 5.80. The van der Waals surface area contributed by atoms with Crippen LogP contribution in [0.4, 0.5) is 0 Å². The second kappa shape index (κ2) is 8.08. The number of ether oxygens (including phenoxy) is 2. The number of allylic oxidation sites excluding steroid dienone is 1. The Bertz CT molecular complexity index is 1320. The molecule has 0 spiro atoms. The number of fused-ring (bicyclic) bond motifs is 1. The normalized spacial score (nSPS) is 16.1. The zero-order chi connectivity index (χ0) is 21.3. The van der Waals surface area contributed by atoms with Crippen LogP contribution in [0.3, 0.4) is 0 Å². The predicted octanol–water partition coefficient (Wildman–Crippen LogP) is 1.81. The minimum atomic E-state index is -0.667. The lowest BCUT2D eigenvalue weighted by Crippen LogP contribution is -2.39. The lowest BCUT2D eigenvalue weighted by molar-refractivity contribution is -0.136. The average Bonchev–Trinajstić information content (AvgIpc) is 3.07. The first-order valence-corrected chi connectivity index (χ1v) is 10.00. The van der Waals surface area contributed by atoms with Crippen LogP contribution in [0.25, 0.3) is 6.08 Å². The molecule has 2 aromatic heterocycles. The number of pyridine rings is 1. The van der Waals surface area contributed by atoms with Crippen LogP contribution < -0.4 is 19.6 Å². The molecule has 0 fully saturated rings. The van der Waals surface area contributed by atoms with Crippen molar-refractivity contribution in [1.29, 1.82) is 0 Å². The number of hydrogen-bond acceptors (Lipinski definition) is 7. The van der Waals surface area contributed by atoms with Gasteiger partial charge >= 0.3 is 5.97 Å². The van der Waals surface area contributed by atoms with Gasteiger partial charge < -0.3 is 9.47 Å². The highest BCUT2D eigenvalue weighted by Crippen LogP contribution is 2.32. The Labute approximate surface area is 176 Å². The average molecular weight is 421 g/mol. The molecule has 0 unspecified atom stereocenters. The van der Waals surface area contributed by atoms with E-state index in [2.05, 4.69) is 9.98 Å². The van der Waals surface area contributed by atoms with Crippen molar-refractivity contribution in [3.63, 3.8) is 0 Å². The number of carbonyl (C=O) groups excluding carboxylic acids is 1. The molecular formula is C22H19N3O4S. The van der Waals surface area contributed by atoms with Crippen LogP contribution in [0, 0.1) is 0 Å². The van der Waals surface area contributed by atoms with Crippen LogP contribution >= 0.6 is 11.3 Å². The van der Waals surface area contributed by atoms with Gasteiger partial charge in [-0.2, -0.15) is 0 Å². The molecule has 0 saturated carbocycles. The molecule has 1 aromatic carbocycles. The zero-order valence-electron chi connectivity index (χ0n) is 16.7. The number of aromatic nitrogens is 2. The molecule has 0 N–H and O–H groups in total. The third-order valence-electron chi connectivity index (χ3n) is 4.82. The maximum atomic E-state index is 13.4.